The van der Waals surface area contributed by atoms with Crippen LogP contribution in [-0.4, -0.2) is 4.57 Å². The van der Waals surface area contributed by atoms with E-state index < -0.39 is 0 Å². The van der Waals surface area contributed by atoms with E-state index >= 15 is 0 Å². The first kappa shape index (κ1) is 55.8. The molecule has 3 nitrogen and oxygen atoms in total. The van der Waals surface area contributed by atoms with Gasteiger partial charge in [0.05, 0.1) is 11.0 Å². The van der Waals surface area contributed by atoms with Crippen molar-refractivity contribution in [3.63, 3.8) is 0 Å². The molecule has 0 amide bonds. The summed E-state index contributed by atoms with van der Waals surface area (Å²) in [5.74, 6) is 0. The summed E-state index contributed by atoms with van der Waals surface area (Å²) in [7, 11) is 0. The first-order valence-electron chi connectivity index (χ1n) is 35.1. The Labute approximate surface area is 587 Å². The highest BCUT2D eigenvalue weighted by Crippen LogP contribution is 2.52. The third-order valence-electron chi connectivity index (χ3n) is 22.3. The topological polar surface area (TPSA) is 31.2 Å². The fourth-order valence-electron chi connectivity index (χ4n) is 18.0. The highest BCUT2D eigenvalue weighted by atomic mass is 32.1. The van der Waals surface area contributed by atoms with Crippen molar-refractivity contribution < 1.29 is 8.83 Å². The van der Waals surface area contributed by atoms with Gasteiger partial charge in [-0.3, -0.25) is 0 Å². The largest absolute Gasteiger partial charge is 0.455 e. The minimum absolute atomic E-state index is 0.870. The molecular formula is C98H55NO2S. The van der Waals surface area contributed by atoms with Crippen LogP contribution in [-0.2, 0) is 0 Å². The van der Waals surface area contributed by atoms with Gasteiger partial charge < -0.3 is 13.4 Å². The van der Waals surface area contributed by atoms with E-state index in [1.54, 1.807) is 0 Å². The molecule has 102 heavy (non-hydrogen) atoms. The van der Waals surface area contributed by atoms with Gasteiger partial charge in [0.1, 0.15) is 22.3 Å². The Morgan fingerprint density at radius 1 is 0.216 bits per heavy atom. The van der Waals surface area contributed by atoms with Crippen LogP contribution >= 0.6 is 11.3 Å². The number of para-hydroxylation sites is 2. The number of hydrogen-bond acceptors (Lipinski definition) is 3. The SMILES string of the molecule is c1ccc(-n2c3ccccc3c3cc(-c4c5ccccc5c(-c5ccc6oc7c8cc(-c9cccc%10c9sc9ccc(-c%11c%12ccccc%12c(-c%12ccc%13oc%14c%15ccccc%15c%15ccccc%15c%14c%13c%12)c%12ccccc%11%12)cc9%10)ccc8c8ccccc8c7c6c5)c5ccccc45)ccc32)cc1. The van der Waals surface area contributed by atoms with Gasteiger partial charge in [0, 0.05) is 68.9 Å². The van der Waals surface area contributed by atoms with Gasteiger partial charge in [-0.05, 0) is 204 Å². The van der Waals surface area contributed by atoms with E-state index in [0.29, 0.717) is 0 Å². The molecule has 0 spiro atoms. The van der Waals surface area contributed by atoms with Gasteiger partial charge in [-0.1, -0.05) is 261 Å². The number of fused-ring (bicyclic) bond motifs is 26. The maximum Gasteiger partial charge on any atom is 0.143 e. The average Bonchev–Trinajstić information content (AvgIpc) is 1.42. The van der Waals surface area contributed by atoms with Crippen molar-refractivity contribution in [2.45, 2.75) is 0 Å². The predicted octanol–water partition coefficient (Wildman–Crippen LogP) is 28.5. The summed E-state index contributed by atoms with van der Waals surface area (Å²) in [5.41, 5.74) is 19.2. The summed E-state index contributed by atoms with van der Waals surface area (Å²) in [6, 6.07) is 124. The average molecular weight is 1310 g/mol. The minimum Gasteiger partial charge on any atom is -0.455 e. The van der Waals surface area contributed by atoms with E-state index in [4.69, 9.17) is 8.83 Å². The van der Waals surface area contributed by atoms with Crippen LogP contribution in [0.4, 0.5) is 0 Å². The molecule has 470 valence electrons. The molecule has 0 fully saturated rings. The van der Waals surface area contributed by atoms with Crippen molar-refractivity contribution in [2.75, 3.05) is 0 Å². The number of thiophene rings is 1. The second-order valence-electron chi connectivity index (χ2n) is 27.5. The highest BCUT2D eigenvalue weighted by molar-refractivity contribution is 7.26. The molecule has 0 saturated heterocycles. The van der Waals surface area contributed by atoms with E-state index in [0.717, 1.165) is 71.5 Å². The van der Waals surface area contributed by atoms with Crippen LogP contribution in [0.3, 0.4) is 0 Å². The summed E-state index contributed by atoms with van der Waals surface area (Å²) < 4.78 is 19.0. The summed E-state index contributed by atoms with van der Waals surface area (Å²) >= 11 is 1.88. The lowest BCUT2D eigenvalue weighted by molar-refractivity contribution is 0.672. The third kappa shape index (κ3) is 7.84. The second kappa shape index (κ2) is 21.2. The molecule has 4 heteroatoms. The molecule has 0 saturated carbocycles. The Kier molecular flexibility index (Phi) is 11.6. The molecule has 0 aliphatic rings. The zero-order valence-corrected chi connectivity index (χ0v) is 55.7. The summed E-state index contributed by atoms with van der Waals surface area (Å²) in [4.78, 5) is 0. The maximum atomic E-state index is 7.24. The lowest BCUT2D eigenvalue weighted by Crippen LogP contribution is -1.93. The van der Waals surface area contributed by atoms with Gasteiger partial charge >= 0.3 is 0 Å². The van der Waals surface area contributed by atoms with E-state index in [2.05, 4.69) is 338 Å². The van der Waals surface area contributed by atoms with Gasteiger partial charge in [-0.2, -0.15) is 0 Å². The van der Waals surface area contributed by atoms with Gasteiger partial charge in [-0.15, -0.1) is 11.3 Å². The number of nitrogens with zero attached hydrogens (tertiary/aromatic N) is 1. The Balaban J connectivity index is 0.659. The molecule has 0 unspecified atom stereocenters. The number of benzene rings is 19. The molecule has 0 aliphatic carbocycles. The van der Waals surface area contributed by atoms with Crippen LogP contribution in [0.5, 0.6) is 0 Å². The maximum absolute atomic E-state index is 7.24. The van der Waals surface area contributed by atoms with Crippen LogP contribution in [0.2, 0.25) is 0 Å². The summed E-state index contributed by atoms with van der Waals surface area (Å²) in [6.45, 7) is 0. The summed E-state index contributed by atoms with van der Waals surface area (Å²) in [6.07, 6.45) is 0. The second-order valence-corrected chi connectivity index (χ2v) is 28.6. The summed E-state index contributed by atoms with van der Waals surface area (Å²) in [5, 5.41) is 28.7. The molecule has 19 aromatic carbocycles. The van der Waals surface area contributed by atoms with Gasteiger partial charge in [-0.25, -0.2) is 0 Å². The number of hydrogen-bond donors (Lipinski definition) is 0. The Hall–Kier alpha value is -13.1. The fraction of sp³-hybridized carbons (Fsp3) is 0. The van der Waals surface area contributed by atoms with Crippen molar-refractivity contribution >= 4 is 183 Å². The molecule has 0 bridgehead atoms. The standard InChI is InChI=1S/C98H55NO2S/c1-2-21-61(22-3-1)99-85-40-19-18-26-67(85)80-52-57(42-47-86(80)99)90-70-29-9-11-31-72(70)92(73-32-12-10-30-71(73)90)59-44-49-88-84(55-59)95-69-28-8-5-24-64(69)66-46-41-56(51-82(66)97(95)101-88)62-38-20-39-79-81-53-60(45-50-89(81)102-98(62)79)93-76-35-15-13-33-74(76)91(75-34-14-16-36-77(75)93)58-43-48-87-83(54-58)94-68-27-7-4-23-63(68)65-25-6-17-37-78(65)96(94)100-87/h1-55H. The molecule has 4 aromatic heterocycles. The zero-order valence-electron chi connectivity index (χ0n) is 54.9. The molecule has 23 aromatic rings. The lowest BCUT2D eigenvalue weighted by atomic mass is 9.85. The molecule has 0 atom stereocenters. The number of aromatic nitrogens is 1. The quantitative estimate of drug-likeness (QED) is 0.123. The van der Waals surface area contributed by atoms with Crippen LogP contribution in [0.1, 0.15) is 0 Å². The van der Waals surface area contributed by atoms with Crippen LogP contribution in [0, 0.1) is 0 Å². The first-order valence-corrected chi connectivity index (χ1v) is 35.9. The Bertz CT molecular complexity index is 7520. The smallest absolute Gasteiger partial charge is 0.143 e. The van der Waals surface area contributed by atoms with Gasteiger partial charge in [0.25, 0.3) is 0 Å². The highest BCUT2D eigenvalue weighted by Gasteiger charge is 2.25. The van der Waals surface area contributed by atoms with Crippen LogP contribution in [0.25, 0.3) is 233 Å². The zero-order chi connectivity index (χ0) is 66.4. The molecular weight excluding hydrogens is 1260 g/mol. The lowest BCUT2D eigenvalue weighted by Gasteiger charge is -2.18. The van der Waals surface area contributed by atoms with Crippen molar-refractivity contribution in [1.29, 1.82) is 0 Å². The van der Waals surface area contributed by atoms with Crippen molar-refractivity contribution in [1.82, 2.24) is 4.57 Å². The van der Waals surface area contributed by atoms with E-state index in [9.17, 15) is 0 Å². The van der Waals surface area contributed by atoms with E-state index in [1.807, 2.05) is 11.3 Å². The normalized spacial score (nSPS) is 12.3. The van der Waals surface area contributed by atoms with Crippen LogP contribution in [0.15, 0.2) is 342 Å². The van der Waals surface area contributed by atoms with Crippen LogP contribution < -0.4 is 0 Å². The minimum atomic E-state index is 0.870. The van der Waals surface area contributed by atoms with Crippen molar-refractivity contribution in [3.8, 4) is 61.3 Å². The van der Waals surface area contributed by atoms with Gasteiger partial charge in [0.15, 0.2) is 0 Å². The number of furan rings is 2. The molecule has 23 rings (SSSR count). The third-order valence-corrected chi connectivity index (χ3v) is 23.5. The Morgan fingerprint density at radius 3 is 1.11 bits per heavy atom. The van der Waals surface area contributed by atoms with Crippen molar-refractivity contribution in [3.05, 3.63) is 334 Å². The number of rotatable bonds is 6. The predicted molar refractivity (Wildman–Crippen MR) is 435 cm³/mol. The molecule has 4 heterocycles. The Morgan fingerprint density at radius 2 is 0.578 bits per heavy atom. The molecule has 0 N–H and O–H groups in total. The monoisotopic (exact) mass is 1310 g/mol. The van der Waals surface area contributed by atoms with Crippen molar-refractivity contribution in [2.24, 2.45) is 0 Å². The van der Waals surface area contributed by atoms with E-state index in [-0.39, 0.29) is 0 Å². The molecule has 0 aliphatic heterocycles. The first-order chi connectivity index (χ1) is 50.6. The fourth-order valence-corrected chi connectivity index (χ4v) is 19.2. The van der Waals surface area contributed by atoms with Gasteiger partial charge in [0.2, 0.25) is 0 Å². The molecule has 0 radical (unpaired) electrons. The van der Waals surface area contributed by atoms with E-state index in [1.165, 1.54) is 162 Å².